The summed E-state index contributed by atoms with van der Waals surface area (Å²) >= 11 is 1.27. The minimum Gasteiger partial charge on any atom is -0.325 e. The van der Waals surface area contributed by atoms with Gasteiger partial charge in [0.1, 0.15) is 5.82 Å². The minimum absolute atomic E-state index is 0.0787. The van der Waals surface area contributed by atoms with Crippen LogP contribution < -0.4 is 5.32 Å². The number of fused-ring (bicyclic) bond motifs is 2. The lowest BCUT2D eigenvalue weighted by molar-refractivity contribution is -0.113. The van der Waals surface area contributed by atoms with Crippen LogP contribution in [0.2, 0.25) is 0 Å². The molecule has 1 aromatic heterocycles. The summed E-state index contributed by atoms with van der Waals surface area (Å²) in [5, 5.41) is 11.8. The molecule has 7 nitrogen and oxygen atoms in total. The van der Waals surface area contributed by atoms with Gasteiger partial charge in [0.15, 0.2) is 16.7 Å². The van der Waals surface area contributed by atoms with Gasteiger partial charge in [-0.05, 0) is 18.6 Å². The smallest absolute Gasteiger partial charge is 0.234 e. The van der Waals surface area contributed by atoms with Crippen LogP contribution in [0.1, 0.15) is 43.2 Å². The third-order valence-electron chi connectivity index (χ3n) is 5.64. The standard InChI is InChI=1S/C26H20N4O3S/c1-16-28-29-26(30(16)14-17-8-3-2-4-9-17)34-15-22(31)27-21-13-7-12-20-23(21)25(33)19-11-6-5-10-18(19)24(20)32/h2-13H,14-15H2,1H3,(H,27,31). The Kier molecular flexibility index (Phi) is 5.81. The van der Waals surface area contributed by atoms with Gasteiger partial charge in [-0.2, -0.15) is 0 Å². The quantitative estimate of drug-likeness (QED) is 0.377. The first kappa shape index (κ1) is 21.8. The van der Waals surface area contributed by atoms with Crippen LogP contribution >= 0.6 is 11.8 Å². The highest BCUT2D eigenvalue weighted by Gasteiger charge is 2.31. The van der Waals surface area contributed by atoms with Gasteiger partial charge in [0.2, 0.25) is 5.91 Å². The number of carbonyl (C=O) groups is 3. The van der Waals surface area contributed by atoms with E-state index in [4.69, 9.17) is 0 Å². The summed E-state index contributed by atoms with van der Waals surface area (Å²) in [6.45, 7) is 2.47. The maximum atomic E-state index is 13.1. The van der Waals surface area contributed by atoms with Gasteiger partial charge in [-0.15, -0.1) is 10.2 Å². The second-order valence-electron chi connectivity index (χ2n) is 7.87. The Morgan fingerprint density at radius 3 is 2.29 bits per heavy atom. The zero-order valence-electron chi connectivity index (χ0n) is 18.3. The average molecular weight is 469 g/mol. The van der Waals surface area contributed by atoms with Gasteiger partial charge in [-0.1, -0.05) is 78.5 Å². The number of hydrogen-bond donors (Lipinski definition) is 1. The van der Waals surface area contributed by atoms with Crippen LogP contribution in [0.4, 0.5) is 5.69 Å². The largest absolute Gasteiger partial charge is 0.325 e. The molecular formula is C26H20N4O3S. The first-order valence-electron chi connectivity index (χ1n) is 10.7. The minimum atomic E-state index is -0.301. The SMILES string of the molecule is Cc1nnc(SCC(=O)Nc2cccc3c2C(=O)c2ccccc2C3=O)n1Cc1ccccc1. The van der Waals surface area contributed by atoms with E-state index < -0.39 is 0 Å². The monoisotopic (exact) mass is 468 g/mol. The zero-order valence-corrected chi connectivity index (χ0v) is 19.1. The maximum Gasteiger partial charge on any atom is 0.234 e. The summed E-state index contributed by atoms with van der Waals surface area (Å²) in [4.78, 5) is 38.8. The number of ketones is 2. The van der Waals surface area contributed by atoms with Crippen molar-refractivity contribution in [1.29, 1.82) is 0 Å². The van der Waals surface area contributed by atoms with E-state index in [9.17, 15) is 14.4 Å². The lowest BCUT2D eigenvalue weighted by Crippen LogP contribution is -2.24. The Morgan fingerprint density at radius 1 is 0.853 bits per heavy atom. The van der Waals surface area contributed by atoms with E-state index in [1.807, 2.05) is 41.8 Å². The molecule has 0 saturated carbocycles. The Labute approximate surface area is 200 Å². The maximum absolute atomic E-state index is 13.1. The molecule has 0 saturated heterocycles. The Balaban J connectivity index is 1.33. The molecule has 0 spiro atoms. The summed E-state index contributed by atoms with van der Waals surface area (Å²) in [7, 11) is 0. The van der Waals surface area contributed by atoms with Crippen molar-refractivity contribution in [3.05, 3.63) is 106 Å². The van der Waals surface area contributed by atoms with Gasteiger partial charge in [0.25, 0.3) is 0 Å². The van der Waals surface area contributed by atoms with Crippen molar-refractivity contribution in [2.75, 3.05) is 11.1 Å². The average Bonchev–Trinajstić information content (AvgIpc) is 3.20. The van der Waals surface area contributed by atoms with Crippen LogP contribution in [0.5, 0.6) is 0 Å². The molecule has 168 valence electrons. The first-order chi connectivity index (χ1) is 16.5. The highest BCUT2D eigenvalue weighted by molar-refractivity contribution is 7.99. The van der Waals surface area contributed by atoms with Crippen LogP contribution in [0, 0.1) is 6.92 Å². The molecule has 1 amide bonds. The molecule has 34 heavy (non-hydrogen) atoms. The van der Waals surface area contributed by atoms with Crippen LogP contribution in [-0.2, 0) is 11.3 Å². The number of benzene rings is 3. The van der Waals surface area contributed by atoms with Crippen molar-refractivity contribution < 1.29 is 14.4 Å². The molecule has 1 N–H and O–H groups in total. The number of thioether (sulfide) groups is 1. The summed E-state index contributed by atoms with van der Waals surface area (Å²) in [5.74, 6) is 0.0400. The van der Waals surface area contributed by atoms with Gasteiger partial charge >= 0.3 is 0 Å². The van der Waals surface area contributed by atoms with Gasteiger partial charge in [0.05, 0.1) is 23.5 Å². The molecular weight excluding hydrogens is 448 g/mol. The first-order valence-corrected chi connectivity index (χ1v) is 11.7. The highest BCUT2D eigenvalue weighted by Crippen LogP contribution is 2.32. The predicted molar refractivity (Wildman–Crippen MR) is 129 cm³/mol. The lowest BCUT2D eigenvalue weighted by atomic mass is 9.83. The van der Waals surface area contributed by atoms with Gasteiger partial charge in [0, 0.05) is 16.7 Å². The number of nitrogens with zero attached hydrogens (tertiary/aromatic N) is 3. The van der Waals surface area contributed by atoms with E-state index in [2.05, 4.69) is 15.5 Å². The third kappa shape index (κ3) is 4.04. The van der Waals surface area contributed by atoms with Crippen molar-refractivity contribution in [3.63, 3.8) is 0 Å². The Hall–Kier alpha value is -4.04. The number of amides is 1. The van der Waals surface area contributed by atoms with E-state index in [0.717, 1.165) is 11.4 Å². The molecule has 5 rings (SSSR count). The second-order valence-corrected chi connectivity index (χ2v) is 8.81. The second kappa shape index (κ2) is 9.07. The summed E-state index contributed by atoms with van der Waals surface area (Å²) < 4.78 is 1.96. The Morgan fingerprint density at radius 2 is 1.53 bits per heavy atom. The van der Waals surface area contributed by atoms with E-state index in [1.54, 1.807) is 42.5 Å². The van der Waals surface area contributed by atoms with Crippen molar-refractivity contribution in [3.8, 4) is 0 Å². The van der Waals surface area contributed by atoms with Crippen LogP contribution in [-0.4, -0.2) is 38.0 Å². The van der Waals surface area contributed by atoms with E-state index in [-0.39, 0.29) is 28.8 Å². The number of carbonyl (C=O) groups excluding carboxylic acids is 3. The number of aryl methyl sites for hydroxylation is 1. The van der Waals surface area contributed by atoms with E-state index in [1.165, 1.54) is 11.8 Å². The normalized spacial score (nSPS) is 12.3. The number of hydrogen-bond acceptors (Lipinski definition) is 6. The molecule has 0 aliphatic heterocycles. The fourth-order valence-electron chi connectivity index (χ4n) is 3.98. The topological polar surface area (TPSA) is 94.0 Å². The molecule has 1 aliphatic rings. The van der Waals surface area contributed by atoms with E-state index >= 15 is 0 Å². The molecule has 1 aliphatic carbocycles. The molecule has 8 heteroatoms. The van der Waals surface area contributed by atoms with Crippen molar-refractivity contribution >= 4 is 34.9 Å². The van der Waals surface area contributed by atoms with Crippen LogP contribution in [0.3, 0.4) is 0 Å². The number of nitrogens with one attached hydrogen (secondary N) is 1. The molecule has 0 radical (unpaired) electrons. The summed E-state index contributed by atoms with van der Waals surface area (Å²) in [5.41, 5.74) is 2.70. The molecule has 0 unspecified atom stereocenters. The summed E-state index contributed by atoms with van der Waals surface area (Å²) in [6.07, 6.45) is 0. The summed E-state index contributed by atoms with van der Waals surface area (Å²) in [6, 6.07) is 21.6. The number of anilines is 1. The highest BCUT2D eigenvalue weighted by atomic mass is 32.2. The van der Waals surface area contributed by atoms with Gasteiger partial charge in [-0.25, -0.2) is 0 Å². The van der Waals surface area contributed by atoms with Crippen molar-refractivity contribution in [2.45, 2.75) is 18.6 Å². The van der Waals surface area contributed by atoms with Crippen LogP contribution in [0.15, 0.2) is 78.0 Å². The Bertz CT molecular complexity index is 1430. The molecule has 0 fully saturated rings. The van der Waals surface area contributed by atoms with Crippen molar-refractivity contribution in [2.24, 2.45) is 0 Å². The van der Waals surface area contributed by atoms with Gasteiger partial charge < -0.3 is 9.88 Å². The molecule has 4 aromatic rings. The number of rotatable bonds is 6. The third-order valence-corrected chi connectivity index (χ3v) is 6.61. The molecule has 1 heterocycles. The molecule has 3 aromatic carbocycles. The fourth-order valence-corrected chi connectivity index (χ4v) is 4.77. The molecule has 0 bridgehead atoms. The molecule has 0 atom stereocenters. The number of aromatic nitrogens is 3. The van der Waals surface area contributed by atoms with Crippen molar-refractivity contribution in [1.82, 2.24) is 14.8 Å². The lowest BCUT2D eigenvalue weighted by Gasteiger charge is -2.20. The van der Waals surface area contributed by atoms with Gasteiger partial charge in [-0.3, -0.25) is 14.4 Å². The zero-order chi connectivity index (χ0) is 23.7. The van der Waals surface area contributed by atoms with E-state index in [0.29, 0.717) is 34.1 Å². The predicted octanol–water partition coefficient (Wildman–Crippen LogP) is 4.14. The fraction of sp³-hybridized carbons (Fsp3) is 0.115. The van der Waals surface area contributed by atoms with Crippen LogP contribution in [0.25, 0.3) is 0 Å².